The summed E-state index contributed by atoms with van der Waals surface area (Å²) in [5.74, 6) is 1.87. The molecule has 9 nitrogen and oxygen atoms in total. The molecule has 0 aliphatic carbocycles. The predicted octanol–water partition coefficient (Wildman–Crippen LogP) is 33.3. The molecule has 138 heavy (non-hydrogen) atoms. The molecule has 0 aliphatic rings. The number of para-hydroxylation sites is 5. The van der Waals surface area contributed by atoms with Crippen molar-refractivity contribution in [2.75, 3.05) is 0 Å². The summed E-state index contributed by atoms with van der Waals surface area (Å²) in [5.41, 5.74) is 38.8. The van der Waals surface area contributed by atoms with Crippen molar-refractivity contribution in [1.82, 2.24) is 42.2 Å². The molecule has 0 saturated heterocycles. The molecule has 0 amide bonds. The Hall–Kier alpha value is -18.6. The van der Waals surface area contributed by atoms with Crippen LogP contribution in [0, 0.1) is 0 Å². The highest BCUT2D eigenvalue weighted by Gasteiger charge is 2.24. The number of rotatable bonds is 15. The number of imidazole rings is 3. The van der Waals surface area contributed by atoms with Gasteiger partial charge in [0.15, 0.2) is 0 Å². The Bertz CT molecular complexity index is 8510. The minimum absolute atomic E-state index is 0.932. The number of benzene rings is 20. The number of fused-ring (bicyclic) bond motifs is 12. The summed E-state index contributed by atoms with van der Waals surface area (Å²) in [5, 5.41) is 7.44. The van der Waals surface area contributed by atoms with Gasteiger partial charge < -0.3 is 13.7 Å². The molecule has 9 heteroatoms. The number of nitrogens with zero attached hydrogens (tertiary/aromatic N) is 9. The van der Waals surface area contributed by atoms with Gasteiger partial charge in [0, 0.05) is 89.2 Å². The van der Waals surface area contributed by atoms with Crippen LogP contribution in [-0.2, 0) is 0 Å². The van der Waals surface area contributed by atoms with E-state index in [1.165, 1.54) is 132 Å². The average Bonchev–Trinajstić information content (AvgIpc) is 1.59. The fraction of sp³-hybridized carbons (Fsp3) is 0. The normalized spacial score (nSPS) is 11.5. The van der Waals surface area contributed by atoms with E-state index in [4.69, 9.17) is 15.0 Å². The van der Waals surface area contributed by atoms with Gasteiger partial charge in [-0.1, -0.05) is 340 Å². The van der Waals surface area contributed by atoms with E-state index in [0.29, 0.717) is 0 Å². The van der Waals surface area contributed by atoms with Crippen molar-refractivity contribution in [2.45, 2.75) is 0 Å². The highest BCUT2D eigenvalue weighted by atomic mass is 15.1. The molecule has 648 valence electrons. The van der Waals surface area contributed by atoms with Crippen molar-refractivity contribution in [2.24, 2.45) is 0 Å². The molecule has 7 heterocycles. The third kappa shape index (κ3) is 14.9. The molecule has 27 aromatic rings. The Labute approximate surface area is 798 Å². The Morgan fingerprint density at radius 1 is 0.145 bits per heavy atom. The summed E-state index contributed by atoms with van der Waals surface area (Å²) in [6.07, 6.45) is 2.09. The number of hydrogen-bond donors (Lipinski definition) is 0. The minimum atomic E-state index is 0.932. The lowest BCUT2D eigenvalue weighted by Gasteiger charge is -2.13. The summed E-state index contributed by atoms with van der Waals surface area (Å²) in [6.45, 7) is 0. The summed E-state index contributed by atoms with van der Waals surface area (Å²) in [4.78, 5) is 15.2. The monoisotopic (exact) mass is 1760 g/mol. The topological polar surface area (TPSA) is 67.7 Å². The molecule has 0 radical (unpaired) electrons. The molecule has 0 aliphatic heterocycles. The molecule has 0 spiro atoms. The maximum atomic E-state index is 5.08. The van der Waals surface area contributed by atoms with Crippen LogP contribution in [0.15, 0.2) is 528 Å². The van der Waals surface area contributed by atoms with E-state index in [1.54, 1.807) is 0 Å². The predicted molar refractivity (Wildman–Crippen MR) is 575 cm³/mol. The van der Waals surface area contributed by atoms with E-state index < -0.39 is 0 Å². The Morgan fingerprint density at radius 3 is 0.696 bits per heavy atom. The average molecular weight is 1760 g/mol. The SMILES string of the molecule is c1ccc(-c2ccc3c(c2)c2cc(-c4ccccc4)ccc2n3-c2ccc(-c3nc4ccccc4n3-c3ccccc3)cc2)cc1.c1ccc(-c2ccc3c(c2)c2cc(-c4ccccc4)ccc2n3-c2ccc(-c3nc4ccccn4c3-c3ccccc3)cc2)cc1.c1ccc(-c2ccc3c(c2)c2cc(-c4ccccc4)ccc2n3-c2ccc(-n3c(-c4ccccc4)nc4ccccc43)cc2)cc1. The van der Waals surface area contributed by atoms with Gasteiger partial charge in [-0.3, -0.25) is 13.5 Å². The maximum absolute atomic E-state index is 5.08. The Balaban J connectivity index is 0.000000110. The first-order chi connectivity index (χ1) is 68.4. The van der Waals surface area contributed by atoms with Crippen molar-refractivity contribution in [3.8, 4) is 140 Å². The van der Waals surface area contributed by atoms with Gasteiger partial charge in [-0.05, 0) is 249 Å². The zero-order valence-electron chi connectivity index (χ0n) is 75.3. The lowest BCUT2D eigenvalue weighted by Crippen LogP contribution is -1.99. The van der Waals surface area contributed by atoms with E-state index in [2.05, 4.69) is 531 Å². The van der Waals surface area contributed by atoms with Crippen molar-refractivity contribution in [3.05, 3.63) is 528 Å². The maximum Gasteiger partial charge on any atom is 0.145 e. The Morgan fingerprint density at radius 2 is 0.377 bits per heavy atom. The smallest absolute Gasteiger partial charge is 0.145 e. The van der Waals surface area contributed by atoms with E-state index in [1.807, 2.05) is 24.3 Å². The zero-order chi connectivity index (χ0) is 91.4. The minimum Gasteiger partial charge on any atom is -0.309 e. The van der Waals surface area contributed by atoms with Gasteiger partial charge in [0.25, 0.3) is 0 Å². The van der Waals surface area contributed by atoms with Gasteiger partial charge in [-0.25, -0.2) is 15.0 Å². The molecule has 27 rings (SSSR count). The number of pyridine rings is 1. The van der Waals surface area contributed by atoms with Gasteiger partial charge in [-0.2, -0.15) is 0 Å². The number of aromatic nitrogens is 9. The van der Waals surface area contributed by atoms with Crippen LogP contribution < -0.4 is 0 Å². The Kier molecular flexibility index (Phi) is 20.8. The zero-order valence-corrected chi connectivity index (χ0v) is 75.3. The van der Waals surface area contributed by atoms with Gasteiger partial charge in [-0.15, -0.1) is 0 Å². The molecule has 7 aromatic heterocycles. The molecule has 0 unspecified atom stereocenters. The lowest BCUT2D eigenvalue weighted by atomic mass is 10.0. The fourth-order valence-electron chi connectivity index (χ4n) is 20.2. The summed E-state index contributed by atoms with van der Waals surface area (Å²) in [7, 11) is 0. The largest absolute Gasteiger partial charge is 0.309 e. The van der Waals surface area contributed by atoms with Crippen LogP contribution in [0.5, 0.6) is 0 Å². The second-order valence-electron chi connectivity index (χ2n) is 35.0. The molecule has 20 aromatic carbocycles. The van der Waals surface area contributed by atoms with Crippen LogP contribution in [0.4, 0.5) is 0 Å². The van der Waals surface area contributed by atoms with Crippen LogP contribution in [0.25, 0.3) is 234 Å². The van der Waals surface area contributed by atoms with Gasteiger partial charge in [0.1, 0.15) is 17.3 Å². The summed E-state index contributed by atoms with van der Waals surface area (Å²) < 4.78 is 13.9. The van der Waals surface area contributed by atoms with Gasteiger partial charge in [0.05, 0.1) is 66.6 Å². The first-order valence-electron chi connectivity index (χ1n) is 46.9. The molecule has 0 fully saturated rings. The highest BCUT2D eigenvalue weighted by Crippen LogP contribution is 2.45. The fourth-order valence-corrected chi connectivity index (χ4v) is 20.2. The van der Waals surface area contributed by atoms with Crippen molar-refractivity contribution < 1.29 is 0 Å². The van der Waals surface area contributed by atoms with Crippen LogP contribution in [0.3, 0.4) is 0 Å². The second-order valence-corrected chi connectivity index (χ2v) is 35.0. The van der Waals surface area contributed by atoms with Crippen molar-refractivity contribution in [1.29, 1.82) is 0 Å². The third-order valence-electron chi connectivity index (χ3n) is 26.8. The van der Waals surface area contributed by atoms with E-state index in [-0.39, 0.29) is 0 Å². The quantitative estimate of drug-likeness (QED) is 0.103. The number of hydrogen-bond acceptors (Lipinski definition) is 3. The molecule has 0 bridgehead atoms. The first-order valence-corrected chi connectivity index (χ1v) is 46.9. The first kappa shape index (κ1) is 81.4. The van der Waals surface area contributed by atoms with Crippen LogP contribution in [0.2, 0.25) is 0 Å². The molecule has 0 saturated carbocycles. The van der Waals surface area contributed by atoms with Gasteiger partial charge >= 0.3 is 0 Å². The lowest BCUT2D eigenvalue weighted by molar-refractivity contribution is 1.09. The highest BCUT2D eigenvalue weighted by molar-refractivity contribution is 6.15. The molecule has 0 N–H and O–H groups in total. The summed E-state index contributed by atoms with van der Waals surface area (Å²) in [6, 6.07) is 186. The summed E-state index contributed by atoms with van der Waals surface area (Å²) >= 11 is 0. The third-order valence-corrected chi connectivity index (χ3v) is 26.8. The van der Waals surface area contributed by atoms with Crippen molar-refractivity contribution >= 4 is 93.1 Å². The van der Waals surface area contributed by atoms with E-state index >= 15 is 0 Å². The van der Waals surface area contributed by atoms with Crippen LogP contribution in [-0.4, -0.2) is 42.2 Å². The standard InChI is InChI=1S/3C43H29N3/c1-4-12-30(13-5-1)34-21-25-39-37(28-34)38-29-35(31-14-6-2-7-15-31)22-26-40(38)46(39)36-23-19-32(20-24-36)42-43(33-16-8-3-9-17-33)45-27-11-10-18-41(45)44-42;1-4-12-30(13-5-1)33-20-26-40-37(28-33)38-29-34(31-14-6-2-7-15-31)21-27-41(38)45(40)35-22-24-36(25-23-35)46-42-19-11-10-18-39(42)44-43(46)32-16-8-3-9-17-32;1-4-12-30(13-5-1)33-22-26-40-37(28-33)38-29-34(31-14-6-2-7-15-31)23-27-41(38)45(40)36-24-20-32(21-25-36)43-44-39-18-10-11-19-42(39)46(43)35-16-8-3-9-17-35/h3*1-29H. The molecule has 0 atom stereocenters. The van der Waals surface area contributed by atoms with Gasteiger partial charge in [0.2, 0.25) is 0 Å². The van der Waals surface area contributed by atoms with E-state index in [0.717, 1.165) is 101 Å². The van der Waals surface area contributed by atoms with Crippen LogP contribution in [0.1, 0.15) is 0 Å². The van der Waals surface area contributed by atoms with Crippen LogP contribution >= 0.6 is 0 Å². The molecular formula is C129H87N9. The van der Waals surface area contributed by atoms with E-state index in [9.17, 15) is 0 Å². The molecular weight excluding hydrogens is 1680 g/mol. The second kappa shape index (κ2) is 35.2. The van der Waals surface area contributed by atoms with Crippen molar-refractivity contribution in [3.63, 3.8) is 0 Å².